The number of carbonyl (C=O) groups excluding carboxylic acids is 1. The summed E-state index contributed by atoms with van der Waals surface area (Å²) in [5.74, 6) is 1.43. The van der Waals surface area contributed by atoms with Crippen molar-refractivity contribution in [1.82, 2.24) is 9.88 Å². The van der Waals surface area contributed by atoms with E-state index < -0.39 is 0 Å². The standard InChI is InChI=1S/C22H30N4O2/c1-15-13-25(9-10-26(15)16(2)27)22-19(12-23)18-8-11-28-14-20(18)21(24-22)17-6-4-3-5-7-17/h15,17H,3-11,13-14H2,1-2H3. The SMILES string of the molecule is CC(=O)N1CCN(c2nc(C3CCCCC3)c3c(c2C#N)CCOC3)CC1C. The molecular formula is C22H30N4O2. The molecule has 2 aliphatic heterocycles. The Labute approximate surface area is 167 Å². The lowest BCUT2D eigenvalue weighted by atomic mass is 9.82. The van der Waals surface area contributed by atoms with Gasteiger partial charge in [-0.05, 0) is 31.7 Å². The molecule has 0 aromatic carbocycles. The molecule has 1 atom stereocenters. The van der Waals surface area contributed by atoms with E-state index in [-0.39, 0.29) is 11.9 Å². The molecule has 3 heterocycles. The molecule has 6 nitrogen and oxygen atoms in total. The van der Waals surface area contributed by atoms with Crippen molar-refractivity contribution in [2.24, 2.45) is 0 Å². The van der Waals surface area contributed by atoms with Gasteiger partial charge in [0.2, 0.25) is 5.91 Å². The van der Waals surface area contributed by atoms with Gasteiger partial charge in [-0.3, -0.25) is 4.79 Å². The van der Waals surface area contributed by atoms with Gasteiger partial charge in [-0.2, -0.15) is 5.26 Å². The van der Waals surface area contributed by atoms with E-state index in [2.05, 4.69) is 17.9 Å². The molecule has 3 aliphatic rings. The molecule has 6 heteroatoms. The summed E-state index contributed by atoms with van der Waals surface area (Å²) in [6.07, 6.45) is 6.97. The van der Waals surface area contributed by atoms with Crippen LogP contribution in [-0.2, 0) is 22.6 Å². The normalized spacial score (nSPS) is 23.2. The zero-order valence-corrected chi connectivity index (χ0v) is 17.0. The van der Waals surface area contributed by atoms with Crippen molar-refractivity contribution in [1.29, 1.82) is 5.26 Å². The Balaban J connectivity index is 1.74. The number of ether oxygens (including phenoxy) is 1. The van der Waals surface area contributed by atoms with E-state index in [1.165, 1.54) is 43.4 Å². The number of anilines is 1. The van der Waals surface area contributed by atoms with Crippen LogP contribution in [0, 0.1) is 11.3 Å². The number of carbonyl (C=O) groups is 1. The number of hydrogen-bond acceptors (Lipinski definition) is 5. The number of pyridine rings is 1. The maximum absolute atomic E-state index is 11.9. The topological polar surface area (TPSA) is 69.5 Å². The van der Waals surface area contributed by atoms with Crippen LogP contribution >= 0.6 is 0 Å². The van der Waals surface area contributed by atoms with Crippen LogP contribution in [0.15, 0.2) is 0 Å². The lowest BCUT2D eigenvalue weighted by molar-refractivity contribution is -0.131. The molecule has 0 N–H and O–H groups in total. The first kappa shape index (κ1) is 19.2. The largest absolute Gasteiger partial charge is 0.376 e. The summed E-state index contributed by atoms with van der Waals surface area (Å²) in [7, 11) is 0. The lowest BCUT2D eigenvalue weighted by Gasteiger charge is -2.41. The van der Waals surface area contributed by atoms with Crippen molar-refractivity contribution in [3.8, 4) is 6.07 Å². The Morgan fingerprint density at radius 3 is 2.68 bits per heavy atom. The number of nitriles is 1. The maximum Gasteiger partial charge on any atom is 0.219 e. The van der Waals surface area contributed by atoms with Crippen molar-refractivity contribution < 1.29 is 9.53 Å². The first-order chi connectivity index (χ1) is 13.6. The quantitative estimate of drug-likeness (QED) is 0.786. The van der Waals surface area contributed by atoms with Crippen LogP contribution < -0.4 is 4.90 Å². The van der Waals surface area contributed by atoms with Gasteiger partial charge in [0.25, 0.3) is 0 Å². The molecule has 0 radical (unpaired) electrons. The number of fused-ring (bicyclic) bond motifs is 1. The van der Waals surface area contributed by atoms with E-state index in [1.807, 2.05) is 4.90 Å². The smallest absolute Gasteiger partial charge is 0.219 e. The lowest BCUT2D eigenvalue weighted by Crippen LogP contribution is -2.54. The van der Waals surface area contributed by atoms with Crippen LogP contribution in [-0.4, -0.2) is 48.1 Å². The van der Waals surface area contributed by atoms with Crippen LogP contribution in [0.4, 0.5) is 5.82 Å². The summed E-state index contributed by atoms with van der Waals surface area (Å²) < 4.78 is 5.76. The van der Waals surface area contributed by atoms with Gasteiger partial charge in [-0.1, -0.05) is 19.3 Å². The molecular weight excluding hydrogens is 352 g/mol. The fourth-order valence-corrected chi connectivity index (χ4v) is 5.14. The number of hydrogen-bond donors (Lipinski definition) is 0. The second-order valence-corrected chi connectivity index (χ2v) is 8.41. The van der Waals surface area contributed by atoms with Crippen molar-refractivity contribution in [2.45, 2.75) is 70.9 Å². The minimum atomic E-state index is 0.117. The van der Waals surface area contributed by atoms with Gasteiger partial charge in [0.1, 0.15) is 11.9 Å². The number of amides is 1. The summed E-state index contributed by atoms with van der Waals surface area (Å²) in [6.45, 7) is 7.09. The summed E-state index contributed by atoms with van der Waals surface area (Å²) in [5.41, 5.74) is 4.22. The predicted octanol–water partition coefficient (Wildman–Crippen LogP) is 3.13. The first-order valence-corrected chi connectivity index (χ1v) is 10.7. The van der Waals surface area contributed by atoms with Crippen LogP contribution in [0.25, 0.3) is 0 Å². The molecule has 2 fully saturated rings. The Hall–Kier alpha value is -2.13. The molecule has 1 aliphatic carbocycles. The van der Waals surface area contributed by atoms with Crippen molar-refractivity contribution >= 4 is 11.7 Å². The molecule has 4 rings (SSSR count). The fourth-order valence-electron chi connectivity index (χ4n) is 5.14. The summed E-state index contributed by atoms with van der Waals surface area (Å²) in [4.78, 5) is 21.1. The molecule has 1 aromatic rings. The average Bonchev–Trinajstić information content (AvgIpc) is 2.72. The van der Waals surface area contributed by atoms with Crippen LogP contribution in [0.3, 0.4) is 0 Å². The van der Waals surface area contributed by atoms with Gasteiger partial charge in [0.05, 0.1) is 24.5 Å². The monoisotopic (exact) mass is 382 g/mol. The van der Waals surface area contributed by atoms with Crippen LogP contribution in [0.2, 0.25) is 0 Å². The van der Waals surface area contributed by atoms with E-state index in [0.29, 0.717) is 25.7 Å². The maximum atomic E-state index is 11.9. The summed E-state index contributed by atoms with van der Waals surface area (Å²) in [5, 5.41) is 9.99. The van der Waals surface area contributed by atoms with Crippen molar-refractivity contribution in [3.05, 3.63) is 22.4 Å². The number of nitrogens with zero attached hydrogens (tertiary/aromatic N) is 4. The number of piperazine rings is 1. The zero-order chi connectivity index (χ0) is 19.7. The van der Waals surface area contributed by atoms with E-state index in [0.717, 1.165) is 36.5 Å². The second kappa shape index (κ2) is 8.08. The van der Waals surface area contributed by atoms with E-state index >= 15 is 0 Å². The molecule has 0 bridgehead atoms. The van der Waals surface area contributed by atoms with E-state index in [9.17, 15) is 10.1 Å². The third-order valence-corrected chi connectivity index (χ3v) is 6.60. The zero-order valence-electron chi connectivity index (χ0n) is 17.0. The van der Waals surface area contributed by atoms with Crippen LogP contribution in [0.5, 0.6) is 0 Å². The first-order valence-electron chi connectivity index (χ1n) is 10.7. The molecule has 1 unspecified atom stereocenters. The minimum Gasteiger partial charge on any atom is -0.376 e. The molecule has 1 amide bonds. The predicted molar refractivity (Wildman–Crippen MR) is 107 cm³/mol. The van der Waals surface area contributed by atoms with Gasteiger partial charge in [0, 0.05) is 44.1 Å². The highest BCUT2D eigenvalue weighted by molar-refractivity contribution is 5.74. The van der Waals surface area contributed by atoms with Crippen molar-refractivity contribution in [3.63, 3.8) is 0 Å². The van der Waals surface area contributed by atoms with Crippen LogP contribution in [0.1, 0.15) is 74.3 Å². The average molecular weight is 383 g/mol. The second-order valence-electron chi connectivity index (χ2n) is 8.41. The van der Waals surface area contributed by atoms with Gasteiger partial charge < -0.3 is 14.5 Å². The van der Waals surface area contributed by atoms with E-state index in [1.54, 1.807) is 6.92 Å². The number of rotatable bonds is 2. The number of aromatic nitrogens is 1. The van der Waals surface area contributed by atoms with Gasteiger partial charge >= 0.3 is 0 Å². The fraction of sp³-hybridized carbons (Fsp3) is 0.682. The summed E-state index contributed by atoms with van der Waals surface area (Å²) >= 11 is 0. The van der Waals surface area contributed by atoms with Gasteiger partial charge in [-0.25, -0.2) is 4.98 Å². The molecule has 0 spiro atoms. The molecule has 150 valence electrons. The Morgan fingerprint density at radius 2 is 2.00 bits per heavy atom. The van der Waals surface area contributed by atoms with Gasteiger partial charge in [-0.15, -0.1) is 0 Å². The third-order valence-electron chi connectivity index (χ3n) is 6.60. The molecule has 1 saturated carbocycles. The van der Waals surface area contributed by atoms with Crippen molar-refractivity contribution in [2.75, 3.05) is 31.1 Å². The molecule has 1 aromatic heterocycles. The highest BCUT2D eigenvalue weighted by Gasteiger charge is 2.32. The summed E-state index contributed by atoms with van der Waals surface area (Å²) in [6, 6.07) is 2.58. The highest BCUT2D eigenvalue weighted by Crippen LogP contribution is 2.39. The highest BCUT2D eigenvalue weighted by atomic mass is 16.5. The van der Waals surface area contributed by atoms with E-state index in [4.69, 9.17) is 9.72 Å². The molecule has 28 heavy (non-hydrogen) atoms. The third kappa shape index (κ3) is 3.48. The Kier molecular flexibility index (Phi) is 5.54. The minimum absolute atomic E-state index is 0.117. The Bertz CT molecular complexity index is 795. The molecule has 1 saturated heterocycles. The van der Waals surface area contributed by atoms with Gasteiger partial charge in [0.15, 0.2) is 0 Å². The Morgan fingerprint density at radius 1 is 1.21 bits per heavy atom.